The van der Waals surface area contributed by atoms with Gasteiger partial charge in [0.2, 0.25) is 11.7 Å². The Morgan fingerprint density at radius 3 is 2.00 bits per heavy atom. The topological polar surface area (TPSA) is 172 Å². The smallest absolute Gasteiger partial charge is 0.315 e. The third-order valence-electron chi connectivity index (χ3n) is 4.96. The second-order valence-corrected chi connectivity index (χ2v) is 6.57. The van der Waals surface area contributed by atoms with Gasteiger partial charge >= 0.3 is 5.69 Å². The van der Waals surface area contributed by atoms with E-state index in [4.69, 9.17) is 0 Å². The molecule has 0 radical (unpaired) electrons. The molecule has 0 saturated carbocycles. The highest BCUT2D eigenvalue weighted by Crippen LogP contribution is 2.40. The van der Waals surface area contributed by atoms with Gasteiger partial charge in [-0.1, -0.05) is 0 Å². The molecule has 1 atom stereocenters. The van der Waals surface area contributed by atoms with Crippen molar-refractivity contribution in [2.24, 2.45) is 5.92 Å². The van der Waals surface area contributed by atoms with Gasteiger partial charge in [0.15, 0.2) is 11.7 Å². The largest absolute Gasteiger partial charge is 0.504 e. The lowest BCUT2D eigenvalue weighted by atomic mass is 9.87. The Labute approximate surface area is 185 Å². The number of carbonyl (C=O) groups excluding carboxylic acids is 2. The van der Waals surface area contributed by atoms with Gasteiger partial charge < -0.3 is 20.0 Å². The first-order valence-electron chi connectivity index (χ1n) is 9.95. The number of phenols is 2. The molecule has 2 N–H and O–H groups in total. The maximum Gasteiger partial charge on any atom is 0.315 e. The number of hydrogen-bond donors (Lipinski definition) is 2. The molecule has 0 bridgehead atoms. The second kappa shape index (κ2) is 11.3. The summed E-state index contributed by atoms with van der Waals surface area (Å²) in [6.45, 7) is 7.67. The Kier molecular flexibility index (Phi) is 9.17. The van der Waals surface area contributed by atoms with Gasteiger partial charge in [-0.05, 0) is 39.3 Å². The molecule has 0 fully saturated rings. The average molecular weight is 443 g/mol. The van der Waals surface area contributed by atoms with E-state index in [1.54, 1.807) is 39.8 Å². The molecule has 0 aromatic heterocycles. The molecule has 11 heteroatoms. The number of nitro groups is 1. The number of hydrogen-bond acceptors (Lipinski definition) is 8. The Balaban J connectivity index is 4.05. The maximum absolute atomic E-state index is 13.1. The van der Waals surface area contributed by atoms with Crippen molar-refractivity contribution in [3.8, 4) is 23.6 Å². The lowest BCUT2D eigenvalue weighted by Crippen LogP contribution is -2.37. The number of nitriles is 2. The van der Waals surface area contributed by atoms with Gasteiger partial charge in [0.1, 0.15) is 11.6 Å². The van der Waals surface area contributed by atoms with Crippen LogP contribution in [0.25, 0.3) is 5.57 Å². The second-order valence-electron chi connectivity index (χ2n) is 6.57. The first-order chi connectivity index (χ1) is 15.1. The van der Waals surface area contributed by atoms with Crippen molar-refractivity contribution in [3.05, 3.63) is 33.4 Å². The summed E-state index contributed by atoms with van der Waals surface area (Å²) < 4.78 is 0. The van der Waals surface area contributed by atoms with E-state index < -0.39 is 45.4 Å². The average Bonchev–Trinajstić information content (AvgIpc) is 2.77. The number of nitro benzene ring substituents is 1. The number of nitrogens with zero attached hydrogens (tertiary/aromatic N) is 5. The zero-order chi connectivity index (χ0) is 24.6. The molecule has 1 aromatic carbocycles. The van der Waals surface area contributed by atoms with Crippen molar-refractivity contribution in [1.29, 1.82) is 10.5 Å². The summed E-state index contributed by atoms with van der Waals surface area (Å²) >= 11 is 0. The van der Waals surface area contributed by atoms with Gasteiger partial charge in [0.05, 0.1) is 11.0 Å². The summed E-state index contributed by atoms with van der Waals surface area (Å²) in [5, 5.41) is 50.8. The summed E-state index contributed by atoms with van der Waals surface area (Å²) in [4.78, 5) is 39.1. The molecule has 0 aliphatic rings. The Morgan fingerprint density at radius 1 is 1.06 bits per heavy atom. The van der Waals surface area contributed by atoms with Crippen LogP contribution in [0.3, 0.4) is 0 Å². The fourth-order valence-electron chi connectivity index (χ4n) is 3.21. The van der Waals surface area contributed by atoms with E-state index in [0.717, 1.165) is 12.1 Å². The fourth-order valence-corrected chi connectivity index (χ4v) is 3.21. The molecule has 32 heavy (non-hydrogen) atoms. The monoisotopic (exact) mass is 443 g/mol. The van der Waals surface area contributed by atoms with Crippen LogP contribution in [0, 0.1) is 38.7 Å². The molecule has 170 valence electrons. The van der Waals surface area contributed by atoms with E-state index in [1.165, 1.54) is 9.80 Å². The molecular formula is C21H25N5O6. The van der Waals surface area contributed by atoms with Crippen LogP contribution in [0.15, 0.2) is 17.7 Å². The number of aromatic hydroxyl groups is 2. The molecule has 2 amide bonds. The van der Waals surface area contributed by atoms with E-state index in [2.05, 4.69) is 0 Å². The van der Waals surface area contributed by atoms with Crippen molar-refractivity contribution >= 4 is 23.1 Å². The highest BCUT2D eigenvalue weighted by molar-refractivity contribution is 6.09. The molecule has 1 rings (SSSR count). The van der Waals surface area contributed by atoms with Gasteiger partial charge in [-0.15, -0.1) is 0 Å². The number of benzene rings is 1. The third-order valence-corrected chi connectivity index (χ3v) is 4.96. The van der Waals surface area contributed by atoms with Crippen LogP contribution in [0.5, 0.6) is 11.5 Å². The Bertz CT molecular complexity index is 1010. The SMILES string of the molecule is CCN(CC)C(=O)/C(C#N)=C(/c1cc(O)c(O)c([N+](=O)[O-])c1)C(C#N)C(=O)N(CC)CC. The standard InChI is InChI=1S/C21H25N5O6/c1-5-24(6-2)20(29)14(11-22)18(15(12-23)21(30)25(7-3)8-4)13-9-16(26(31)32)19(28)17(27)10-13/h9-10,14,27-28H,5-8H2,1-4H3/b18-15-. The zero-order valence-corrected chi connectivity index (χ0v) is 18.3. The molecule has 1 aromatic rings. The summed E-state index contributed by atoms with van der Waals surface area (Å²) in [6, 6.07) is 5.22. The summed E-state index contributed by atoms with van der Waals surface area (Å²) in [6.07, 6.45) is 0. The molecule has 0 heterocycles. The van der Waals surface area contributed by atoms with Crippen LogP contribution in [0.1, 0.15) is 33.3 Å². The van der Waals surface area contributed by atoms with E-state index in [-0.39, 0.29) is 37.3 Å². The van der Waals surface area contributed by atoms with Crippen molar-refractivity contribution < 1.29 is 24.7 Å². The van der Waals surface area contributed by atoms with Crippen LogP contribution >= 0.6 is 0 Å². The maximum atomic E-state index is 13.1. The molecule has 0 aliphatic heterocycles. The van der Waals surface area contributed by atoms with Gasteiger partial charge in [0.25, 0.3) is 5.91 Å². The van der Waals surface area contributed by atoms with Crippen LogP contribution in [0.2, 0.25) is 0 Å². The first kappa shape index (κ1) is 25.9. The van der Waals surface area contributed by atoms with E-state index in [9.17, 15) is 40.4 Å². The molecular weight excluding hydrogens is 418 g/mol. The quantitative estimate of drug-likeness (QED) is 0.192. The van der Waals surface area contributed by atoms with Gasteiger partial charge in [0, 0.05) is 37.8 Å². The fraction of sp³-hybridized carbons (Fsp3) is 0.429. The van der Waals surface area contributed by atoms with Gasteiger partial charge in [-0.2, -0.15) is 10.5 Å². The van der Waals surface area contributed by atoms with Gasteiger partial charge in [-0.3, -0.25) is 19.7 Å². The van der Waals surface area contributed by atoms with Crippen molar-refractivity contribution in [1.82, 2.24) is 9.80 Å². The van der Waals surface area contributed by atoms with E-state index in [1.807, 2.05) is 0 Å². The van der Waals surface area contributed by atoms with Crippen molar-refractivity contribution in [2.45, 2.75) is 27.7 Å². The molecule has 0 spiro atoms. The van der Waals surface area contributed by atoms with Crippen molar-refractivity contribution in [2.75, 3.05) is 26.2 Å². The van der Waals surface area contributed by atoms with E-state index in [0.29, 0.717) is 0 Å². The predicted octanol–water partition coefficient (Wildman–Crippen LogP) is 2.16. The lowest BCUT2D eigenvalue weighted by Gasteiger charge is -2.25. The molecule has 1 unspecified atom stereocenters. The third kappa shape index (κ3) is 5.13. The summed E-state index contributed by atoms with van der Waals surface area (Å²) in [5.74, 6) is -5.05. The van der Waals surface area contributed by atoms with Crippen LogP contribution in [-0.2, 0) is 9.59 Å². The number of carbonyl (C=O) groups is 2. The highest BCUT2D eigenvalue weighted by Gasteiger charge is 2.35. The number of rotatable bonds is 9. The molecule has 11 nitrogen and oxygen atoms in total. The first-order valence-corrected chi connectivity index (χ1v) is 9.95. The van der Waals surface area contributed by atoms with Crippen molar-refractivity contribution in [3.63, 3.8) is 0 Å². The van der Waals surface area contributed by atoms with Gasteiger partial charge in [-0.25, -0.2) is 0 Å². The molecule has 0 aliphatic carbocycles. The Morgan fingerprint density at radius 2 is 1.59 bits per heavy atom. The number of amides is 2. The normalized spacial score (nSPS) is 12.1. The number of likely N-dealkylation sites (N-methyl/N-ethyl adjacent to an activating group) is 1. The summed E-state index contributed by atoms with van der Waals surface area (Å²) in [5.41, 5.74) is -2.10. The minimum absolute atomic E-state index is 0.232. The van der Waals surface area contributed by atoms with Crippen LogP contribution in [0.4, 0.5) is 5.69 Å². The summed E-state index contributed by atoms with van der Waals surface area (Å²) in [7, 11) is 0. The minimum atomic E-state index is -1.66. The predicted molar refractivity (Wildman–Crippen MR) is 114 cm³/mol. The molecule has 0 saturated heterocycles. The lowest BCUT2D eigenvalue weighted by molar-refractivity contribution is -0.386. The minimum Gasteiger partial charge on any atom is -0.504 e. The van der Waals surface area contributed by atoms with Crippen LogP contribution < -0.4 is 0 Å². The Hall–Kier alpha value is -4.12. The zero-order valence-electron chi connectivity index (χ0n) is 18.3. The van der Waals surface area contributed by atoms with Crippen LogP contribution in [-0.4, -0.2) is 62.9 Å². The number of phenolic OH excluding ortho intramolecular Hbond substituents is 2. The van der Waals surface area contributed by atoms with E-state index >= 15 is 0 Å². The highest BCUT2D eigenvalue weighted by atomic mass is 16.6.